The van der Waals surface area contributed by atoms with Crippen molar-refractivity contribution in [2.24, 2.45) is 5.73 Å². The molecular formula is C19H13N5O4. The lowest BCUT2D eigenvalue weighted by Gasteiger charge is -2.03. The van der Waals surface area contributed by atoms with E-state index in [2.05, 4.69) is 15.2 Å². The summed E-state index contributed by atoms with van der Waals surface area (Å²) in [5.74, 6) is 1.21. The summed E-state index contributed by atoms with van der Waals surface area (Å²) >= 11 is 0. The highest BCUT2D eigenvalue weighted by Crippen LogP contribution is 2.35. The summed E-state index contributed by atoms with van der Waals surface area (Å²) in [6.07, 6.45) is 0. The van der Waals surface area contributed by atoms with Gasteiger partial charge in [-0.3, -0.25) is 4.79 Å². The number of nitrogens with two attached hydrogens (primary N) is 1. The van der Waals surface area contributed by atoms with Crippen molar-refractivity contribution in [1.82, 2.24) is 19.9 Å². The van der Waals surface area contributed by atoms with E-state index in [1.54, 1.807) is 18.2 Å². The third-order valence-corrected chi connectivity index (χ3v) is 4.24. The standard InChI is InChI=1S/C19H13N5O4/c20-17(25)14-9-13(22-24(14)12-4-2-1-3-5-12)19-21-18(23-28-19)11-6-7-15-16(8-11)27-10-26-15/h1-9H,10H2,(H2,20,25). The second-order valence-electron chi connectivity index (χ2n) is 6.02. The van der Waals surface area contributed by atoms with Crippen molar-refractivity contribution in [1.29, 1.82) is 0 Å². The fourth-order valence-electron chi connectivity index (χ4n) is 2.91. The number of fused-ring (bicyclic) bond motifs is 1. The summed E-state index contributed by atoms with van der Waals surface area (Å²) in [7, 11) is 0. The molecule has 2 N–H and O–H groups in total. The maximum atomic E-state index is 11.8. The van der Waals surface area contributed by atoms with Gasteiger partial charge in [-0.25, -0.2) is 4.68 Å². The van der Waals surface area contributed by atoms with Crippen LogP contribution in [0, 0.1) is 0 Å². The minimum Gasteiger partial charge on any atom is -0.454 e. The fourth-order valence-corrected chi connectivity index (χ4v) is 2.91. The van der Waals surface area contributed by atoms with Gasteiger partial charge in [-0.1, -0.05) is 23.4 Å². The van der Waals surface area contributed by atoms with E-state index in [4.69, 9.17) is 19.7 Å². The first-order valence-corrected chi connectivity index (χ1v) is 8.38. The Morgan fingerprint density at radius 3 is 2.68 bits per heavy atom. The molecule has 4 aromatic rings. The van der Waals surface area contributed by atoms with Gasteiger partial charge in [-0.2, -0.15) is 10.1 Å². The third kappa shape index (κ3) is 2.65. The maximum Gasteiger partial charge on any atom is 0.278 e. The van der Waals surface area contributed by atoms with Crippen LogP contribution in [0.5, 0.6) is 11.5 Å². The minimum absolute atomic E-state index is 0.171. The number of carbonyl (C=O) groups is 1. The van der Waals surface area contributed by atoms with Gasteiger partial charge >= 0.3 is 0 Å². The summed E-state index contributed by atoms with van der Waals surface area (Å²) in [6, 6.07) is 16.1. The van der Waals surface area contributed by atoms with Crippen molar-refractivity contribution in [3.8, 4) is 40.2 Å². The number of aromatic nitrogens is 4. The minimum atomic E-state index is -0.613. The predicted molar refractivity (Wildman–Crippen MR) is 96.9 cm³/mol. The zero-order valence-electron chi connectivity index (χ0n) is 14.4. The van der Waals surface area contributed by atoms with Crippen molar-refractivity contribution >= 4 is 5.91 Å². The van der Waals surface area contributed by atoms with Crippen LogP contribution in [-0.2, 0) is 0 Å². The molecule has 1 aliphatic heterocycles. The van der Waals surface area contributed by atoms with E-state index in [9.17, 15) is 4.79 Å². The van der Waals surface area contributed by atoms with Crippen molar-refractivity contribution in [2.45, 2.75) is 0 Å². The van der Waals surface area contributed by atoms with Gasteiger partial charge < -0.3 is 19.7 Å². The highest BCUT2D eigenvalue weighted by atomic mass is 16.7. The maximum absolute atomic E-state index is 11.8. The summed E-state index contributed by atoms with van der Waals surface area (Å²) in [5.41, 5.74) is 7.45. The number of benzene rings is 2. The Hall–Kier alpha value is -4.14. The molecule has 9 heteroatoms. The van der Waals surface area contributed by atoms with Gasteiger partial charge in [0.2, 0.25) is 12.6 Å². The Kier molecular flexibility index (Phi) is 3.58. The largest absolute Gasteiger partial charge is 0.454 e. The van der Waals surface area contributed by atoms with E-state index in [1.165, 1.54) is 10.7 Å². The zero-order valence-corrected chi connectivity index (χ0v) is 14.4. The van der Waals surface area contributed by atoms with Crippen LogP contribution in [0.15, 0.2) is 59.1 Å². The normalized spacial score (nSPS) is 12.3. The second kappa shape index (κ2) is 6.23. The summed E-state index contributed by atoms with van der Waals surface area (Å²) in [5, 5.41) is 8.41. The average Bonchev–Trinajstić information content (AvgIpc) is 3.46. The summed E-state index contributed by atoms with van der Waals surface area (Å²) < 4.78 is 17.5. The van der Waals surface area contributed by atoms with E-state index >= 15 is 0 Å². The van der Waals surface area contributed by atoms with E-state index < -0.39 is 5.91 Å². The van der Waals surface area contributed by atoms with Gasteiger partial charge in [-0.05, 0) is 30.3 Å². The Balaban J connectivity index is 1.53. The Bertz CT molecular complexity index is 1180. The second-order valence-corrected chi connectivity index (χ2v) is 6.02. The number of hydrogen-bond donors (Lipinski definition) is 1. The molecule has 0 spiro atoms. The van der Waals surface area contributed by atoms with Gasteiger partial charge in [-0.15, -0.1) is 0 Å². The molecule has 1 aliphatic rings. The molecule has 0 fully saturated rings. The van der Waals surface area contributed by atoms with E-state index in [1.807, 2.05) is 30.3 Å². The van der Waals surface area contributed by atoms with Crippen molar-refractivity contribution in [3.05, 3.63) is 60.3 Å². The van der Waals surface area contributed by atoms with Crippen LogP contribution in [0.4, 0.5) is 0 Å². The number of amides is 1. The summed E-state index contributed by atoms with van der Waals surface area (Å²) in [6.45, 7) is 0.184. The molecule has 0 aliphatic carbocycles. The van der Waals surface area contributed by atoms with Crippen molar-refractivity contribution < 1.29 is 18.8 Å². The van der Waals surface area contributed by atoms with Crippen LogP contribution in [0.2, 0.25) is 0 Å². The smallest absolute Gasteiger partial charge is 0.278 e. The molecule has 0 radical (unpaired) electrons. The highest BCUT2D eigenvalue weighted by molar-refractivity contribution is 5.92. The highest BCUT2D eigenvalue weighted by Gasteiger charge is 2.21. The number of primary amides is 1. The Morgan fingerprint density at radius 1 is 1.04 bits per heavy atom. The van der Waals surface area contributed by atoms with Crippen LogP contribution in [0.1, 0.15) is 10.5 Å². The number of hydrogen-bond acceptors (Lipinski definition) is 7. The molecule has 0 atom stereocenters. The molecule has 5 rings (SSSR count). The van der Waals surface area contributed by atoms with E-state index in [0.717, 1.165) is 0 Å². The van der Waals surface area contributed by atoms with Crippen LogP contribution < -0.4 is 15.2 Å². The number of nitrogens with zero attached hydrogens (tertiary/aromatic N) is 4. The Labute approximate surface area is 158 Å². The fraction of sp³-hybridized carbons (Fsp3) is 0.0526. The Morgan fingerprint density at radius 2 is 1.86 bits per heavy atom. The first kappa shape index (κ1) is 16.1. The third-order valence-electron chi connectivity index (χ3n) is 4.24. The van der Waals surface area contributed by atoms with Gasteiger partial charge in [0, 0.05) is 11.6 Å². The first-order valence-electron chi connectivity index (χ1n) is 8.38. The molecule has 3 heterocycles. The van der Waals surface area contributed by atoms with Crippen molar-refractivity contribution in [3.63, 3.8) is 0 Å². The molecule has 0 unspecified atom stereocenters. The lowest BCUT2D eigenvalue weighted by Crippen LogP contribution is -2.16. The van der Waals surface area contributed by atoms with E-state index in [0.29, 0.717) is 34.3 Å². The van der Waals surface area contributed by atoms with Crippen molar-refractivity contribution in [2.75, 3.05) is 6.79 Å². The molecule has 1 amide bonds. The molecule has 9 nitrogen and oxygen atoms in total. The number of carbonyl (C=O) groups excluding carboxylic acids is 1. The van der Waals surface area contributed by atoms with Gasteiger partial charge in [0.15, 0.2) is 17.2 Å². The van der Waals surface area contributed by atoms with Crippen LogP contribution >= 0.6 is 0 Å². The SMILES string of the molecule is NC(=O)c1cc(-c2nc(-c3ccc4c(c3)OCO4)no2)nn1-c1ccccc1. The van der Waals surface area contributed by atoms with E-state index in [-0.39, 0.29) is 18.4 Å². The topological polar surface area (TPSA) is 118 Å². The number of rotatable bonds is 4. The molecular weight excluding hydrogens is 362 g/mol. The lowest BCUT2D eigenvalue weighted by atomic mass is 10.2. The van der Waals surface area contributed by atoms with Gasteiger partial charge in [0.25, 0.3) is 11.8 Å². The van der Waals surface area contributed by atoms with Gasteiger partial charge in [0.1, 0.15) is 5.69 Å². The average molecular weight is 375 g/mol. The predicted octanol–water partition coefficient (Wildman–Crippen LogP) is 2.42. The molecule has 0 bridgehead atoms. The zero-order chi connectivity index (χ0) is 19.1. The van der Waals surface area contributed by atoms with Crippen LogP contribution in [0.25, 0.3) is 28.7 Å². The van der Waals surface area contributed by atoms with Crippen LogP contribution in [0.3, 0.4) is 0 Å². The number of ether oxygens (including phenoxy) is 2. The number of para-hydroxylation sites is 1. The van der Waals surface area contributed by atoms with Gasteiger partial charge in [0.05, 0.1) is 5.69 Å². The quantitative estimate of drug-likeness (QED) is 0.582. The summed E-state index contributed by atoms with van der Waals surface area (Å²) in [4.78, 5) is 16.2. The lowest BCUT2D eigenvalue weighted by molar-refractivity contribution is 0.0993. The molecule has 2 aromatic carbocycles. The molecule has 138 valence electrons. The first-order chi connectivity index (χ1) is 13.7. The monoisotopic (exact) mass is 375 g/mol. The van der Waals surface area contributed by atoms with Crippen LogP contribution in [-0.4, -0.2) is 32.6 Å². The molecule has 0 saturated carbocycles. The molecule has 2 aromatic heterocycles. The molecule has 28 heavy (non-hydrogen) atoms. The molecule has 0 saturated heterocycles.